The molecule has 0 fully saturated rings. The van der Waals surface area contributed by atoms with Crippen LogP contribution in [-0.2, 0) is 0 Å². The third kappa shape index (κ3) is 1.67. The van der Waals surface area contributed by atoms with Crippen LogP contribution in [0.2, 0.25) is 0 Å². The Morgan fingerprint density at radius 1 is 1.31 bits per heavy atom. The van der Waals surface area contributed by atoms with Crippen molar-refractivity contribution >= 4 is 16.8 Å². The van der Waals surface area contributed by atoms with E-state index in [2.05, 4.69) is 0 Å². The average molecular weight is 209 g/mol. The van der Waals surface area contributed by atoms with Gasteiger partial charge in [-0.3, -0.25) is 4.79 Å². The molecule has 0 radical (unpaired) electrons. The van der Waals surface area contributed by atoms with E-state index in [0.29, 0.717) is 6.07 Å². The summed E-state index contributed by atoms with van der Waals surface area (Å²) in [6, 6.07) is 0.572. The van der Waals surface area contributed by atoms with Crippen molar-refractivity contribution < 1.29 is 18.0 Å². The van der Waals surface area contributed by atoms with Gasteiger partial charge < -0.3 is 0 Å². The molecule has 0 saturated heterocycles. The maximum atomic E-state index is 12.8. The summed E-state index contributed by atoms with van der Waals surface area (Å²) in [4.78, 5) is 10.5. The first kappa shape index (κ1) is 10.1. The Labute approximate surface area is 77.1 Å². The van der Waals surface area contributed by atoms with E-state index in [9.17, 15) is 18.0 Å². The molecule has 13 heavy (non-hydrogen) atoms. The zero-order valence-electron chi connectivity index (χ0n) is 6.50. The number of hydrogen-bond acceptors (Lipinski definition) is 1. The van der Waals surface area contributed by atoms with Crippen LogP contribution in [0.4, 0.5) is 13.2 Å². The van der Waals surface area contributed by atoms with E-state index < -0.39 is 33.8 Å². The molecule has 0 aliphatic rings. The van der Waals surface area contributed by atoms with Crippen molar-refractivity contribution in [2.45, 2.75) is 6.92 Å². The van der Waals surface area contributed by atoms with E-state index >= 15 is 0 Å². The largest absolute Gasteiger partial charge is 0.275 e. The summed E-state index contributed by atoms with van der Waals surface area (Å²) < 4.78 is 38.4. The topological polar surface area (TPSA) is 17.1 Å². The van der Waals surface area contributed by atoms with Crippen LogP contribution < -0.4 is 0 Å². The second kappa shape index (κ2) is 3.38. The Hall–Kier alpha value is -1.03. The first-order valence-electron chi connectivity index (χ1n) is 3.29. The highest BCUT2D eigenvalue weighted by Gasteiger charge is 2.18. The SMILES string of the molecule is Cc1c(F)cc(C(=O)Cl)c(F)c1F. The fraction of sp³-hybridized carbons (Fsp3) is 0.125. The summed E-state index contributed by atoms with van der Waals surface area (Å²) in [7, 11) is 0. The summed E-state index contributed by atoms with van der Waals surface area (Å²) in [5.74, 6) is -3.80. The Morgan fingerprint density at radius 3 is 2.31 bits per heavy atom. The quantitative estimate of drug-likeness (QED) is 0.512. The molecule has 5 heteroatoms. The first-order chi connectivity index (χ1) is 5.95. The predicted octanol–water partition coefficient (Wildman–Crippen LogP) is 2.79. The minimum atomic E-state index is -1.42. The van der Waals surface area contributed by atoms with Crippen molar-refractivity contribution in [2.24, 2.45) is 0 Å². The lowest BCUT2D eigenvalue weighted by molar-refractivity contribution is 0.107. The standard InChI is InChI=1S/C8H4ClF3O/c1-3-5(10)2-4(8(9)13)7(12)6(3)11/h2H,1H3. The molecule has 0 aliphatic carbocycles. The van der Waals surface area contributed by atoms with Gasteiger partial charge in [-0.05, 0) is 24.6 Å². The van der Waals surface area contributed by atoms with Crippen molar-refractivity contribution in [1.29, 1.82) is 0 Å². The lowest BCUT2D eigenvalue weighted by Gasteiger charge is -2.02. The third-order valence-corrected chi connectivity index (χ3v) is 1.80. The molecule has 0 atom stereocenters. The van der Waals surface area contributed by atoms with Crippen LogP contribution in [0.1, 0.15) is 15.9 Å². The first-order valence-corrected chi connectivity index (χ1v) is 3.67. The minimum absolute atomic E-state index is 0.473. The molecule has 1 rings (SSSR count). The Kier molecular flexibility index (Phi) is 2.61. The fourth-order valence-electron chi connectivity index (χ4n) is 0.829. The molecule has 1 aromatic rings. The number of carbonyl (C=O) groups is 1. The van der Waals surface area contributed by atoms with Crippen molar-refractivity contribution in [3.8, 4) is 0 Å². The van der Waals surface area contributed by atoms with Gasteiger partial charge in [0.25, 0.3) is 5.24 Å². The second-order valence-corrected chi connectivity index (χ2v) is 2.78. The molecule has 0 aromatic heterocycles. The zero-order chi connectivity index (χ0) is 10.2. The van der Waals surface area contributed by atoms with Crippen LogP contribution in [0.3, 0.4) is 0 Å². The van der Waals surface area contributed by atoms with Gasteiger partial charge in [-0.1, -0.05) is 0 Å². The molecule has 1 nitrogen and oxygen atoms in total. The molecule has 1 aromatic carbocycles. The van der Waals surface area contributed by atoms with Crippen molar-refractivity contribution in [2.75, 3.05) is 0 Å². The molecule has 0 spiro atoms. The van der Waals surface area contributed by atoms with Crippen molar-refractivity contribution in [3.05, 3.63) is 34.6 Å². The van der Waals surface area contributed by atoms with Crippen LogP contribution in [0.15, 0.2) is 6.07 Å². The monoisotopic (exact) mass is 208 g/mol. The molecular formula is C8H4ClF3O. The minimum Gasteiger partial charge on any atom is -0.275 e. The van der Waals surface area contributed by atoms with E-state index in [1.54, 1.807) is 0 Å². The summed E-state index contributed by atoms with van der Waals surface area (Å²) in [6.07, 6.45) is 0. The molecule has 0 amide bonds. The summed E-state index contributed by atoms with van der Waals surface area (Å²) >= 11 is 4.89. The molecule has 0 heterocycles. The molecule has 0 unspecified atom stereocenters. The smallest absolute Gasteiger partial charge is 0.255 e. The molecule has 0 N–H and O–H groups in total. The highest BCUT2D eigenvalue weighted by atomic mass is 35.5. The number of halogens is 4. The normalized spacial score (nSPS) is 10.2. The van der Waals surface area contributed by atoms with E-state index in [4.69, 9.17) is 11.6 Å². The highest BCUT2D eigenvalue weighted by molar-refractivity contribution is 6.67. The number of hydrogen-bond donors (Lipinski definition) is 0. The molecular weight excluding hydrogens is 205 g/mol. The lowest BCUT2D eigenvalue weighted by atomic mass is 10.1. The van der Waals surface area contributed by atoms with Crippen molar-refractivity contribution in [3.63, 3.8) is 0 Å². The lowest BCUT2D eigenvalue weighted by Crippen LogP contribution is -2.02. The van der Waals surface area contributed by atoms with Gasteiger partial charge in [0.05, 0.1) is 5.56 Å². The third-order valence-electron chi connectivity index (χ3n) is 1.60. The number of rotatable bonds is 1. The second-order valence-electron chi connectivity index (χ2n) is 2.43. The number of carbonyl (C=O) groups excluding carboxylic acids is 1. The fourth-order valence-corrected chi connectivity index (χ4v) is 0.967. The van der Waals surface area contributed by atoms with Gasteiger partial charge in [0, 0.05) is 5.56 Å². The Morgan fingerprint density at radius 2 is 1.85 bits per heavy atom. The number of benzene rings is 1. The van der Waals surface area contributed by atoms with Crippen LogP contribution >= 0.6 is 11.6 Å². The van der Waals surface area contributed by atoms with E-state index in [1.807, 2.05) is 0 Å². The van der Waals surface area contributed by atoms with Gasteiger partial charge in [-0.15, -0.1) is 0 Å². The van der Waals surface area contributed by atoms with Gasteiger partial charge in [0.1, 0.15) is 5.82 Å². The maximum absolute atomic E-state index is 12.8. The molecule has 0 bridgehead atoms. The van der Waals surface area contributed by atoms with E-state index in [1.165, 1.54) is 0 Å². The van der Waals surface area contributed by atoms with Gasteiger partial charge in [-0.25, -0.2) is 13.2 Å². The van der Waals surface area contributed by atoms with Gasteiger partial charge in [0.2, 0.25) is 0 Å². The van der Waals surface area contributed by atoms with Gasteiger partial charge in [0.15, 0.2) is 11.6 Å². The average Bonchev–Trinajstić information content (AvgIpc) is 2.07. The highest BCUT2D eigenvalue weighted by Crippen LogP contribution is 2.20. The summed E-state index contributed by atoms with van der Waals surface area (Å²) in [5, 5.41) is -1.23. The van der Waals surface area contributed by atoms with Gasteiger partial charge in [-0.2, -0.15) is 0 Å². The van der Waals surface area contributed by atoms with Crippen molar-refractivity contribution in [1.82, 2.24) is 0 Å². The van der Waals surface area contributed by atoms with Crippen LogP contribution in [0.5, 0.6) is 0 Å². The maximum Gasteiger partial charge on any atom is 0.255 e. The van der Waals surface area contributed by atoms with Crippen LogP contribution in [0.25, 0.3) is 0 Å². The summed E-state index contributed by atoms with van der Waals surface area (Å²) in [5.41, 5.74) is -1.26. The summed E-state index contributed by atoms with van der Waals surface area (Å²) in [6.45, 7) is 1.07. The molecule has 0 saturated carbocycles. The molecule has 70 valence electrons. The van der Waals surface area contributed by atoms with E-state index in [0.717, 1.165) is 6.92 Å². The zero-order valence-corrected chi connectivity index (χ0v) is 7.25. The van der Waals surface area contributed by atoms with Crippen LogP contribution in [-0.4, -0.2) is 5.24 Å². The Bertz CT molecular complexity index is 376. The van der Waals surface area contributed by atoms with Gasteiger partial charge >= 0.3 is 0 Å². The van der Waals surface area contributed by atoms with E-state index in [-0.39, 0.29) is 0 Å². The van der Waals surface area contributed by atoms with Crippen LogP contribution in [0, 0.1) is 24.4 Å². The molecule has 0 aliphatic heterocycles. The Balaban J connectivity index is 3.50. The predicted molar refractivity (Wildman–Crippen MR) is 41.2 cm³/mol.